The molecular formula is C24H26N6O. The summed E-state index contributed by atoms with van der Waals surface area (Å²) in [6.45, 7) is 9.35. The molecule has 2 aliphatic rings. The maximum absolute atomic E-state index is 13.5. The Morgan fingerprint density at radius 2 is 1.68 bits per heavy atom. The zero-order valence-corrected chi connectivity index (χ0v) is 18.1. The van der Waals surface area contributed by atoms with E-state index in [2.05, 4.69) is 19.9 Å². The highest BCUT2D eigenvalue weighted by Gasteiger charge is 2.42. The topological polar surface area (TPSA) is 75.1 Å². The first kappa shape index (κ1) is 19.6. The van der Waals surface area contributed by atoms with Crippen LogP contribution in [0.2, 0.25) is 0 Å². The van der Waals surface area contributed by atoms with Crippen LogP contribution in [0, 0.1) is 32.6 Å². The fourth-order valence-electron chi connectivity index (χ4n) is 4.79. The van der Waals surface area contributed by atoms with Gasteiger partial charge in [-0.1, -0.05) is 17.7 Å². The number of likely N-dealkylation sites (tertiary alicyclic amines) is 1. The average Bonchev–Trinajstić information content (AvgIpc) is 3.35. The van der Waals surface area contributed by atoms with Crippen molar-refractivity contribution in [3.05, 3.63) is 65.4 Å². The van der Waals surface area contributed by atoms with Gasteiger partial charge in [-0.3, -0.25) is 9.78 Å². The Bertz CT molecular complexity index is 1120. The van der Waals surface area contributed by atoms with Crippen molar-refractivity contribution in [3.63, 3.8) is 0 Å². The number of hydrogen-bond acceptors (Lipinski definition) is 6. The monoisotopic (exact) mass is 414 g/mol. The maximum atomic E-state index is 13.5. The van der Waals surface area contributed by atoms with Crippen molar-refractivity contribution in [3.8, 4) is 11.4 Å². The molecule has 0 saturated carbocycles. The summed E-state index contributed by atoms with van der Waals surface area (Å²) in [6, 6.07) is 7.70. The van der Waals surface area contributed by atoms with Crippen LogP contribution in [0.25, 0.3) is 11.4 Å². The van der Waals surface area contributed by atoms with Crippen molar-refractivity contribution in [2.24, 2.45) is 11.8 Å². The van der Waals surface area contributed by atoms with Gasteiger partial charge in [0, 0.05) is 62.2 Å². The lowest BCUT2D eigenvalue weighted by atomic mass is 10.0. The third-order valence-electron chi connectivity index (χ3n) is 6.34. The van der Waals surface area contributed by atoms with Crippen LogP contribution in [0.15, 0.2) is 42.9 Å². The molecule has 0 radical (unpaired) electrons. The molecule has 7 nitrogen and oxygen atoms in total. The van der Waals surface area contributed by atoms with Gasteiger partial charge in [0.15, 0.2) is 5.82 Å². The van der Waals surface area contributed by atoms with Crippen molar-refractivity contribution in [2.45, 2.75) is 20.8 Å². The Kier molecular flexibility index (Phi) is 4.88. The molecule has 3 aromatic rings. The van der Waals surface area contributed by atoms with E-state index in [0.29, 0.717) is 23.2 Å². The Balaban J connectivity index is 1.35. The average molecular weight is 415 g/mol. The molecule has 2 saturated heterocycles. The summed E-state index contributed by atoms with van der Waals surface area (Å²) in [7, 11) is 0. The van der Waals surface area contributed by atoms with Crippen LogP contribution in [-0.2, 0) is 0 Å². The molecule has 2 fully saturated rings. The van der Waals surface area contributed by atoms with E-state index in [0.717, 1.165) is 54.5 Å². The largest absolute Gasteiger partial charge is 0.354 e. The Morgan fingerprint density at radius 3 is 2.39 bits per heavy atom. The molecule has 31 heavy (non-hydrogen) atoms. The van der Waals surface area contributed by atoms with Crippen LogP contribution in [-0.4, -0.2) is 56.9 Å². The molecule has 1 unspecified atom stereocenters. The van der Waals surface area contributed by atoms with Gasteiger partial charge < -0.3 is 9.80 Å². The molecule has 1 aromatic carbocycles. The SMILES string of the molecule is Cc1ccc(-c2ncccn2)c(C(=O)N2CC3CN(c4nc(C)cnc4C)C[C@H]3C2)c1. The second-order valence-electron chi connectivity index (χ2n) is 8.68. The first-order chi connectivity index (χ1) is 15.0. The molecular weight excluding hydrogens is 388 g/mol. The molecule has 0 spiro atoms. The zero-order chi connectivity index (χ0) is 21.5. The molecule has 0 aliphatic carbocycles. The van der Waals surface area contributed by atoms with Gasteiger partial charge in [0.1, 0.15) is 5.82 Å². The van der Waals surface area contributed by atoms with E-state index in [1.165, 1.54) is 0 Å². The summed E-state index contributed by atoms with van der Waals surface area (Å²) in [5, 5.41) is 0. The van der Waals surface area contributed by atoms with Gasteiger partial charge in [-0.05, 0) is 32.9 Å². The number of nitrogens with zero attached hydrogens (tertiary/aromatic N) is 6. The summed E-state index contributed by atoms with van der Waals surface area (Å²) < 4.78 is 0. The number of carbonyl (C=O) groups excluding carboxylic acids is 1. The zero-order valence-electron chi connectivity index (χ0n) is 18.1. The fourth-order valence-corrected chi connectivity index (χ4v) is 4.79. The summed E-state index contributed by atoms with van der Waals surface area (Å²) >= 11 is 0. The number of fused-ring (bicyclic) bond motifs is 1. The molecule has 4 heterocycles. The van der Waals surface area contributed by atoms with E-state index in [1.807, 2.05) is 50.1 Å². The number of amides is 1. The third-order valence-corrected chi connectivity index (χ3v) is 6.34. The standard InChI is InChI=1S/C24H26N6O/c1-15-5-6-20(22-25-7-4-8-26-22)21(9-15)24(31)30-13-18-11-29(12-19(18)14-30)23-17(3)27-10-16(2)28-23/h4-10,18-19H,11-14H2,1-3H3/t18-,19?/m0/s1. The quantitative estimate of drug-likeness (QED) is 0.656. The Labute approximate surface area is 182 Å². The molecule has 0 N–H and O–H groups in total. The fraction of sp³-hybridized carbons (Fsp3) is 0.375. The molecule has 5 rings (SSSR count). The highest BCUT2D eigenvalue weighted by Crippen LogP contribution is 2.35. The molecule has 2 aromatic heterocycles. The van der Waals surface area contributed by atoms with Gasteiger partial charge in [-0.2, -0.15) is 0 Å². The van der Waals surface area contributed by atoms with Gasteiger partial charge in [-0.25, -0.2) is 15.0 Å². The number of rotatable bonds is 3. The predicted molar refractivity (Wildman–Crippen MR) is 119 cm³/mol. The molecule has 0 bridgehead atoms. The minimum absolute atomic E-state index is 0.0682. The lowest BCUT2D eigenvalue weighted by Crippen LogP contribution is -2.34. The van der Waals surface area contributed by atoms with Crippen LogP contribution in [0.1, 0.15) is 27.3 Å². The summed E-state index contributed by atoms with van der Waals surface area (Å²) in [5.74, 6) is 2.54. The van der Waals surface area contributed by atoms with Crippen LogP contribution < -0.4 is 4.90 Å². The van der Waals surface area contributed by atoms with Crippen molar-refractivity contribution >= 4 is 11.7 Å². The minimum Gasteiger partial charge on any atom is -0.354 e. The lowest BCUT2D eigenvalue weighted by Gasteiger charge is -2.24. The molecule has 7 heteroatoms. The molecule has 158 valence electrons. The van der Waals surface area contributed by atoms with E-state index in [9.17, 15) is 4.79 Å². The van der Waals surface area contributed by atoms with Gasteiger partial charge >= 0.3 is 0 Å². The van der Waals surface area contributed by atoms with Gasteiger partial charge in [-0.15, -0.1) is 0 Å². The second-order valence-corrected chi connectivity index (χ2v) is 8.68. The molecule has 2 aliphatic heterocycles. The number of aromatic nitrogens is 4. The van der Waals surface area contributed by atoms with E-state index in [4.69, 9.17) is 4.98 Å². The second kappa shape index (κ2) is 7.72. The van der Waals surface area contributed by atoms with Crippen LogP contribution in [0.5, 0.6) is 0 Å². The van der Waals surface area contributed by atoms with E-state index in [-0.39, 0.29) is 5.91 Å². The number of anilines is 1. The summed E-state index contributed by atoms with van der Waals surface area (Å²) in [6.07, 6.45) is 5.23. The summed E-state index contributed by atoms with van der Waals surface area (Å²) in [4.78, 5) is 35.7. The Hall–Kier alpha value is -3.35. The predicted octanol–water partition coefficient (Wildman–Crippen LogP) is 3.07. The van der Waals surface area contributed by atoms with Crippen molar-refractivity contribution in [1.29, 1.82) is 0 Å². The van der Waals surface area contributed by atoms with Crippen LogP contribution in [0.3, 0.4) is 0 Å². The Morgan fingerprint density at radius 1 is 0.968 bits per heavy atom. The molecule has 2 atom stereocenters. The van der Waals surface area contributed by atoms with Gasteiger partial charge in [0.25, 0.3) is 5.91 Å². The van der Waals surface area contributed by atoms with Gasteiger partial charge in [0.2, 0.25) is 0 Å². The number of carbonyl (C=O) groups is 1. The molecule has 1 amide bonds. The first-order valence-electron chi connectivity index (χ1n) is 10.7. The van der Waals surface area contributed by atoms with Crippen LogP contribution in [0.4, 0.5) is 5.82 Å². The third kappa shape index (κ3) is 3.65. The smallest absolute Gasteiger partial charge is 0.254 e. The van der Waals surface area contributed by atoms with E-state index < -0.39 is 0 Å². The lowest BCUT2D eigenvalue weighted by molar-refractivity contribution is 0.0783. The van der Waals surface area contributed by atoms with E-state index in [1.54, 1.807) is 18.5 Å². The first-order valence-corrected chi connectivity index (χ1v) is 10.7. The minimum atomic E-state index is 0.0682. The van der Waals surface area contributed by atoms with Crippen LogP contribution >= 0.6 is 0 Å². The number of aryl methyl sites for hydroxylation is 3. The van der Waals surface area contributed by atoms with Crippen molar-refractivity contribution in [2.75, 3.05) is 31.1 Å². The highest BCUT2D eigenvalue weighted by atomic mass is 16.2. The van der Waals surface area contributed by atoms with Crippen molar-refractivity contribution < 1.29 is 4.79 Å². The van der Waals surface area contributed by atoms with E-state index >= 15 is 0 Å². The van der Waals surface area contributed by atoms with Crippen molar-refractivity contribution in [1.82, 2.24) is 24.8 Å². The van der Waals surface area contributed by atoms with Gasteiger partial charge in [0.05, 0.1) is 17.0 Å². The number of benzene rings is 1. The highest BCUT2D eigenvalue weighted by molar-refractivity contribution is 6.00. The number of hydrogen-bond donors (Lipinski definition) is 0. The summed E-state index contributed by atoms with van der Waals surface area (Å²) in [5.41, 5.74) is 4.43. The maximum Gasteiger partial charge on any atom is 0.254 e. The normalized spacial score (nSPS) is 20.2.